The Hall–Kier alpha value is -1.38. The topological polar surface area (TPSA) is 61.2 Å². The third-order valence-electron chi connectivity index (χ3n) is 3.26. The fraction of sp³-hybridized carbons (Fsp3) is 0.462. The van der Waals surface area contributed by atoms with Crippen LogP contribution in [0, 0.1) is 17.2 Å². The summed E-state index contributed by atoms with van der Waals surface area (Å²) < 4.78 is 24.9. The van der Waals surface area contributed by atoms with Crippen LogP contribution in [0.3, 0.4) is 0 Å². The largest absolute Gasteiger partial charge is 0.227 e. The van der Waals surface area contributed by atoms with Crippen molar-refractivity contribution < 1.29 is 8.42 Å². The number of nitriles is 1. The van der Waals surface area contributed by atoms with E-state index in [0.717, 1.165) is 12.8 Å². The lowest BCUT2D eigenvalue weighted by atomic mass is 9.99. The van der Waals surface area contributed by atoms with Gasteiger partial charge < -0.3 is 0 Å². The Labute approximate surface area is 108 Å². The van der Waals surface area contributed by atoms with Crippen LogP contribution in [-0.4, -0.2) is 31.6 Å². The molecule has 0 aliphatic carbocycles. The molecule has 0 spiro atoms. The van der Waals surface area contributed by atoms with Gasteiger partial charge in [-0.1, -0.05) is 30.3 Å². The van der Waals surface area contributed by atoms with Gasteiger partial charge in [0.1, 0.15) is 0 Å². The number of nitrogens with zero attached hydrogens (tertiary/aromatic N) is 2. The molecule has 0 amide bonds. The van der Waals surface area contributed by atoms with Gasteiger partial charge in [0.15, 0.2) is 5.75 Å². The van der Waals surface area contributed by atoms with Gasteiger partial charge in [-0.05, 0) is 24.3 Å². The van der Waals surface area contributed by atoms with Crippen LogP contribution < -0.4 is 0 Å². The summed E-state index contributed by atoms with van der Waals surface area (Å²) >= 11 is 0. The third-order valence-corrected chi connectivity index (χ3v) is 4.87. The molecule has 96 valence electrons. The van der Waals surface area contributed by atoms with Crippen LogP contribution in [0.2, 0.25) is 0 Å². The lowest BCUT2D eigenvalue weighted by Crippen LogP contribution is -2.30. The summed E-state index contributed by atoms with van der Waals surface area (Å²) in [5, 5.41) is 8.51. The van der Waals surface area contributed by atoms with E-state index in [2.05, 4.69) is 12.1 Å². The monoisotopic (exact) mass is 264 g/mol. The zero-order chi connectivity index (χ0) is 13.0. The molecule has 2 rings (SSSR count). The fourth-order valence-electron chi connectivity index (χ4n) is 2.34. The average Bonchev–Trinajstić information content (AvgIpc) is 2.79. The highest BCUT2D eigenvalue weighted by molar-refractivity contribution is 7.89. The first-order chi connectivity index (χ1) is 8.62. The predicted octanol–water partition coefficient (Wildman–Crippen LogP) is 1.40. The maximum Gasteiger partial charge on any atom is 0.227 e. The molecule has 1 aromatic rings. The van der Waals surface area contributed by atoms with Crippen molar-refractivity contribution in [3.8, 4) is 6.07 Å². The predicted molar refractivity (Wildman–Crippen MR) is 69.2 cm³/mol. The van der Waals surface area contributed by atoms with E-state index in [1.165, 1.54) is 9.87 Å². The Morgan fingerprint density at radius 3 is 2.72 bits per heavy atom. The maximum absolute atomic E-state index is 11.7. The van der Waals surface area contributed by atoms with Gasteiger partial charge in [-0.2, -0.15) is 5.26 Å². The van der Waals surface area contributed by atoms with Crippen LogP contribution in [0.5, 0.6) is 0 Å². The Balaban J connectivity index is 1.96. The number of hydrogen-bond acceptors (Lipinski definition) is 3. The summed E-state index contributed by atoms with van der Waals surface area (Å²) in [6.45, 7) is 1.08. The molecule has 1 saturated heterocycles. The van der Waals surface area contributed by atoms with E-state index < -0.39 is 15.8 Å². The lowest BCUT2D eigenvalue weighted by Gasteiger charge is -2.14. The van der Waals surface area contributed by atoms with Gasteiger partial charge >= 0.3 is 0 Å². The number of benzene rings is 1. The number of hydrogen-bond donors (Lipinski definition) is 0. The molecule has 0 radical (unpaired) electrons. The first kappa shape index (κ1) is 13.1. The Morgan fingerprint density at radius 1 is 1.33 bits per heavy atom. The average molecular weight is 264 g/mol. The van der Waals surface area contributed by atoms with Crippen molar-refractivity contribution in [1.29, 1.82) is 5.26 Å². The van der Waals surface area contributed by atoms with Gasteiger partial charge in [0.2, 0.25) is 10.0 Å². The van der Waals surface area contributed by atoms with Crippen LogP contribution in [0.1, 0.15) is 12.0 Å². The second kappa shape index (κ2) is 5.51. The van der Waals surface area contributed by atoms with E-state index in [0.29, 0.717) is 19.0 Å². The molecule has 1 unspecified atom stereocenters. The Kier molecular flexibility index (Phi) is 4.00. The summed E-state index contributed by atoms with van der Waals surface area (Å²) in [5.74, 6) is -0.0497. The SMILES string of the molecule is N#CCS(=O)(=O)N1CCC(Cc2ccccc2)C1. The van der Waals surface area contributed by atoms with Crippen molar-refractivity contribution in [3.05, 3.63) is 35.9 Å². The lowest BCUT2D eigenvalue weighted by molar-refractivity contribution is 0.458. The molecule has 1 aliphatic heterocycles. The van der Waals surface area contributed by atoms with Crippen LogP contribution in [0.15, 0.2) is 30.3 Å². The molecule has 1 heterocycles. The molecule has 0 N–H and O–H groups in total. The van der Waals surface area contributed by atoms with Crippen molar-refractivity contribution in [2.75, 3.05) is 18.8 Å². The van der Waals surface area contributed by atoms with E-state index in [-0.39, 0.29) is 0 Å². The molecule has 1 aliphatic rings. The van der Waals surface area contributed by atoms with E-state index >= 15 is 0 Å². The van der Waals surface area contributed by atoms with E-state index in [9.17, 15) is 8.42 Å². The van der Waals surface area contributed by atoms with Crippen LogP contribution in [0.4, 0.5) is 0 Å². The quantitative estimate of drug-likeness (QED) is 0.826. The van der Waals surface area contributed by atoms with Crippen LogP contribution in [0.25, 0.3) is 0 Å². The van der Waals surface area contributed by atoms with E-state index in [1.807, 2.05) is 18.2 Å². The second-order valence-electron chi connectivity index (χ2n) is 4.62. The van der Waals surface area contributed by atoms with Gasteiger partial charge in [-0.15, -0.1) is 0 Å². The Morgan fingerprint density at radius 2 is 2.06 bits per heavy atom. The standard InChI is InChI=1S/C13H16N2O2S/c14-7-9-18(16,17)15-8-6-13(11-15)10-12-4-2-1-3-5-12/h1-5,13H,6,8-11H2. The Bertz CT molecular complexity index is 534. The third kappa shape index (κ3) is 3.09. The minimum absolute atomic E-state index is 0.362. The zero-order valence-electron chi connectivity index (χ0n) is 10.1. The van der Waals surface area contributed by atoms with E-state index in [4.69, 9.17) is 5.26 Å². The highest BCUT2D eigenvalue weighted by atomic mass is 32.2. The molecule has 0 bridgehead atoms. The minimum Gasteiger partial charge on any atom is -0.211 e. The summed E-state index contributed by atoms with van der Waals surface area (Å²) in [5.41, 5.74) is 1.24. The molecule has 1 fully saturated rings. The molecule has 0 aromatic heterocycles. The molecular formula is C13H16N2O2S. The van der Waals surface area contributed by atoms with Crippen molar-refractivity contribution >= 4 is 10.0 Å². The summed E-state index contributed by atoms with van der Waals surface area (Å²) in [6.07, 6.45) is 1.78. The molecule has 1 aromatic carbocycles. The fourth-order valence-corrected chi connectivity index (χ4v) is 3.50. The van der Waals surface area contributed by atoms with Gasteiger partial charge in [0.05, 0.1) is 6.07 Å². The van der Waals surface area contributed by atoms with Crippen molar-refractivity contribution in [2.45, 2.75) is 12.8 Å². The van der Waals surface area contributed by atoms with Gasteiger partial charge in [0.25, 0.3) is 0 Å². The normalized spacial score (nSPS) is 20.7. The maximum atomic E-state index is 11.7. The number of rotatable bonds is 4. The van der Waals surface area contributed by atoms with Crippen molar-refractivity contribution in [3.63, 3.8) is 0 Å². The van der Waals surface area contributed by atoms with Gasteiger partial charge in [0, 0.05) is 13.1 Å². The second-order valence-corrected chi connectivity index (χ2v) is 6.59. The molecule has 1 atom stereocenters. The molecule has 4 nitrogen and oxygen atoms in total. The van der Waals surface area contributed by atoms with Crippen LogP contribution >= 0.6 is 0 Å². The molecule has 5 heteroatoms. The van der Waals surface area contributed by atoms with E-state index in [1.54, 1.807) is 6.07 Å². The highest BCUT2D eigenvalue weighted by Gasteiger charge is 2.30. The molecule has 0 saturated carbocycles. The summed E-state index contributed by atoms with van der Waals surface area (Å²) in [6, 6.07) is 11.8. The van der Waals surface area contributed by atoms with Crippen molar-refractivity contribution in [2.24, 2.45) is 5.92 Å². The van der Waals surface area contributed by atoms with Crippen LogP contribution in [-0.2, 0) is 16.4 Å². The summed E-state index contributed by atoms with van der Waals surface area (Å²) in [7, 11) is -3.36. The number of sulfonamides is 1. The van der Waals surface area contributed by atoms with Crippen molar-refractivity contribution in [1.82, 2.24) is 4.31 Å². The first-order valence-electron chi connectivity index (χ1n) is 6.00. The smallest absolute Gasteiger partial charge is 0.211 e. The molecule has 18 heavy (non-hydrogen) atoms. The van der Waals surface area contributed by atoms with Gasteiger partial charge in [-0.3, -0.25) is 0 Å². The minimum atomic E-state index is -3.36. The highest BCUT2D eigenvalue weighted by Crippen LogP contribution is 2.23. The van der Waals surface area contributed by atoms with Gasteiger partial charge in [-0.25, -0.2) is 12.7 Å². The molecular weight excluding hydrogens is 248 g/mol. The first-order valence-corrected chi connectivity index (χ1v) is 7.61. The zero-order valence-corrected chi connectivity index (χ0v) is 10.9. The summed E-state index contributed by atoms with van der Waals surface area (Å²) in [4.78, 5) is 0.